The van der Waals surface area contributed by atoms with E-state index in [4.69, 9.17) is 27.7 Å². The molecule has 3 nitrogen and oxygen atoms in total. The average molecular weight is 270 g/mol. The number of aromatic nitrogens is 1. The molecule has 88 valence electrons. The number of ketones is 1. The molecule has 0 atom stereocenters. The van der Waals surface area contributed by atoms with Crippen molar-refractivity contribution in [3.8, 4) is 0 Å². The molecular formula is C12H9Cl2NO2. The molecule has 0 amide bonds. The van der Waals surface area contributed by atoms with Gasteiger partial charge in [-0.1, -0.05) is 34.4 Å². The maximum Gasteiger partial charge on any atom is 0.144 e. The molecule has 2 rings (SSSR count). The number of rotatable bonds is 4. The van der Waals surface area contributed by atoms with Crippen molar-refractivity contribution in [2.24, 2.45) is 0 Å². The van der Waals surface area contributed by atoms with Gasteiger partial charge in [0.1, 0.15) is 11.5 Å². The minimum Gasteiger partial charge on any atom is -0.361 e. The van der Waals surface area contributed by atoms with Crippen LogP contribution in [0.1, 0.15) is 11.3 Å². The maximum atomic E-state index is 11.7. The molecule has 0 aliphatic carbocycles. The fourth-order valence-electron chi connectivity index (χ4n) is 1.47. The number of hydrogen-bond acceptors (Lipinski definition) is 3. The van der Waals surface area contributed by atoms with Crippen molar-refractivity contribution in [3.05, 3.63) is 51.8 Å². The van der Waals surface area contributed by atoms with Crippen LogP contribution in [-0.4, -0.2) is 10.9 Å². The van der Waals surface area contributed by atoms with Crippen LogP contribution in [0.5, 0.6) is 0 Å². The van der Waals surface area contributed by atoms with Gasteiger partial charge in [-0.05, 0) is 17.7 Å². The first kappa shape index (κ1) is 12.1. The highest BCUT2D eigenvalue weighted by atomic mass is 35.5. The van der Waals surface area contributed by atoms with Gasteiger partial charge in [-0.15, -0.1) is 0 Å². The minimum atomic E-state index is 0.0194. The van der Waals surface area contributed by atoms with Gasteiger partial charge in [0.2, 0.25) is 0 Å². The van der Waals surface area contributed by atoms with E-state index in [1.165, 1.54) is 6.20 Å². The van der Waals surface area contributed by atoms with Gasteiger partial charge in [0, 0.05) is 22.5 Å². The Morgan fingerprint density at radius 1 is 1.24 bits per heavy atom. The lowest BCUT2D eigenvalue weighted by Gasteiger charge is -2.03. The fourth-order valence-corrected chi connectivity index (χ4v) is 1.94. The summed E-state index contributed by atoms with van der Waals surface area (Å²) >= 11 is 11.8. The molecule has 1 heterocycles. The second-order valence-electron chi connectivity index (χ2n) is 3.61. The largest absolute Gasteiger partial charge is 0.361 e. The number of carbonyl (C=O) groups is 1. The number of carbonyl (C=O) groups excluding carboxylic acids is 1. The quantitative estimate of drug-likeness (QED) is 0.855. The number of halogens is 2. The van der Waals surface area contributed by atoms with E-state index in [2.05, 4.69) is 5.16 Å². The number of hydrogen-bond donors (Lipinski definition) is 0. The Balaban J connectivity index is 2.03. The SMILES string of the molecule is O=C(Cc1ccno1)Cc1ccc(Cl)cc1Cl. The number of nitrogens with zero attached hydrogens (tertiary/aromatic N) is 1. The Kier molecular flexibility index (Phi) is 3.82. The average Bonchev–Trinajstić information content (AvgIpc) is 2.75. The number of benzene rings is 1. The topological polar surface area (TPSA) is 43.1 Å². The summed E-state index contributed by atoms with van der Waals surface area (Å²) in [6.07, 6.45) is 1.99. The van der Waals surface area contributed by atoms with Crippen molar-refractivity contribution in [1.82, 2.24) is 5.16 Å². The van der Waals surface area contributed by atoms with Crippen molar-refractivity contribution in [2.45, 2.75) is 12.8 Å². The molecule has 0 saturated carbocycles. The van der Waals surface area contributed by atoms with Crippen molar-refractivity contribution < 1.29 is 9.32 Å². The van der Waals surface area contributed by atoms with E-state index in [0.717, 1.165) is 5.56 Å². The summed E-state index contributed by atoms with van der Waals surface area (Å²) < 4.78 is 4.87. The molecule has 5 heteroatoms. The molecular weight excluding hydrogens is 261 g/mol. The zero-order valence-corrected chi connectivity index (χ0v) is 10.3. The number of Topliss-reactive ketones (excluding diaryl/α,β-unsaturated/α-hetero) is 1. The van der Waals surface area contributed by atoms with Crippen molar-refractivity contribution in [2.75, 3.05) is 0 Å². The highest BCUT2D eigenvalue weighted by Crippen LogP contribution is 2.21. The highest BCUT2D eigenvalue weighted by Gasteiger charge is 2.10. The first-order valence-electron chi connectivity index (χ1n) is 5.00. The Morgan fingerprint density at radius 2 is 2.06 bits per heavy atom. The standard InChI is InChI=1S/C12H9Cl2NO2/c13-9-2-1-8(12(14)6-9)5-10(16)7-11-3-4-15-17-11/h1-4,6H,5,7H2. The first-order chi connectivity index (χ1) is 8.15. The Morgan fingerprint density at radius 3 is 2.71 bits per heavy atom. The smallest absolute Gasteiger partial charge is 0.144 e. The normalized spacial score (nSPS) is 10.5. The van der Waals surface area contributed by atoms with E-state index in [0.29, 0.717) is 15.8 Å². The van der Waals surface area contributed by atoms with Gasteiger partial charge in [0.15, 0.2) is 0 Å². The third kappa shape index (κ3) is 3.32. The highest BCUT2D eigenvalue weighted by molar-refractivity contribution is 6.35. The fraction of sp³-hybridized carbons (Fsp3) is 0.167. The zero-order chi connectivity index (χ0) is 12.3. The van der Waals surface area contributed by atoms with Gasteiger partial charge in [0.05, 0.1) is 12.6 Å². The Bertz CT molecular complexity index is 523. The van der Waals surface area contributed by atoms with Gasteiger partial charge in [-0.25, -0.2) is 0 Å². The van der Waals surface area contributed by atoms with Crippen molar-refractivity contribution >= 4 is 29.0 Å². The summed E-state index contributed by atoms with van der Waals surface area (Å²) in [4.78, 5) is 11.7. The van der Waals surface area contributed by atoms with Gasteiger partial charge < -0.3 is 4.52 Å². The predicted molar refractivity (Wildman–Crippen MR) is 65.4 cm³/mol. The van der Waals surface area contributed by atoms with Crippen LogP contribution in [0.2, 0.25) is 10.0 Å². The summed E-state index contributed by atoms with van der Waals surface area (Å²) in [5.74, 6) is 0.575. The molecule has 0 aliphatic rings. The van der Waals surface area contributed by atoms with Crippen LogP contribution in [0.25, 0.3) is 0 Å². The van der Waals surface area contributed by atoms with E-state index in [-0.39, 0.29) is 18.6 Å². The van der Waals surface area contributed by atoms with E-state index in [1.54, 1.807) is 24.3 Å². The van der Waals surface area contributed by atoms with Crippen LogP contribution in [0, 0.1) is 0 Å². The lowest BCUT2D eigenvalue weighted by molar-refractivity contribution is -0.118. The van der Waals surface area contributed by atoms with E-state index in [9.17, 15) is 4.79 Å². The van der Waals surface area contributed by atoms with E-state index < -0.39 is 0 Å². The molecule has 1 aromatic carbocycles. The summed E-state index contributed by atoms with van der Waals surface area (Å²) in [6, 6.07) is 6.76. The van der Waals surface area contributed by atoms with Crippen LogP contribution >= 0.6 is 23.2 Å². The Labute approximate surface area is 108 Å². The second-order valence-corrected chi connectivity index (χ2v) is 4.45. The molecule has 0 N–H and O–H groups in total. The lowest BCUT2D eigenvalue weighted by Crippen LogP contribution is -2.06. The van der Waals surface area contributed by atoms with Gasteiger partial charge in [0.25, 0.3) is 0 Å². The molecule has 0 unspecified atom stereocenters. The summed E-state index contributed by atoms with van der Waals surface area (Å²) in [5, 5.41) is 4.60. The first-order valence-corrected chi connectivity index (χ1v) is 5.76. The second kappa shape index (κ2) is 5.34. The van der Waals surface area contributed by atoms with Gasteiger partial charge >= 0.3 is 0 Å². The molecule has 0 fully saturated rings. The molecule has 17 heavy (non-hydrogen) atoms. The predicted octanol–water partition coefficient (Wildman–Crippen LogP) is 3.34. The molecule has 0 spiro atoms. The molecule has 0 bridgehead atoms. The summed E-state index contributed by atoms with van der Waals surface area (Å²) in [7, 11) is 0. The molecule has 0 radical (unpaired) electrons. The van der Waals surface area contributed by atoms with E-state index >= 15 is 0 Å². The van der Waals surface area contributed by atoms with Crippen LogP contribution in [0.15, 0.2) is 35.0 Å². The van der Waals surface area contributed by atoms with Crippen LogP contribution in [-0.2, 0) is 17.6 Å². The van der Waals surface area contributed by atoms with E-state index in [1.807, 2.05) is 0 Å². The van der Waals surface area contributed by atoms with Crippen LogP contribution in [0.3, 0.4) is 0 Å². The maximum absolute atomic E-state index is 11.7. The third-order valence-electron chi connectivity index (χ3n) is 2.27. The summed E-state index contributed by atoms with van der Waals surface area (Å²) in [6.45, 7) is 0. The third-order valence-corrected chi connectivity index (χ3v) is 2.85. The molecule has 0 saturated heterocycles. The zero-order valence-electron chi connectivity index (χ0n) is 8.82. The minimum absolute atomic E-state index is 0.0194. The van der Waals surface area contributed by atoms with Gasteiger partial charge in [-0.2, -0.15) is 0 Å². The van der Waals surface area contributed by atoms with Crippen LogP contribution < -0.4 is 0 Å². The molecule has 2 aromatic rings. The van der Waals surface area contributed by atoms with Crippen molar-refractivity contribution in [3.63, 3.8) is 0 Å². The van der Waals surface area contributed by atoms with Crippen LogP contribution in [0.4, 0.5) is 0 Å². The monoisotopic (exact) mass is 269 g/mol. The Hall–Kier alpha value is -1.32. The molecule has 0 aliphatic heterocycles. The lowest BCUT2D eigenvalue weighted by atomic mass is 10.1. The van der Waals surface area contributed by atoms with Crippen molar-refractivity contribution in [1.29, 1.82) is 0 Å². The van der Waals surface area contributed by atoms with Gasteiger partial charge in [-0.3, -0.25) is 4.79 Å². The summed E-state index contributed by atoms with van der Waals surface area (Å²) in [5.41, 5.74) is 0.764. The molecule has 1 aromatic heterocycles.